The smallest absolute Gasteiger partial charge is 0.254 e. The Morgan fingerprint density at radius 1 is 1.31 bits per heavy atom. The molecule has 0 spiro atoms. The topological polar surface area (TPSA) is 29.3 Å². The molecule has 1 fully saturated rings. The second kappa shape index (κ2) is 4.47. The van der Waals surface area contributed by atoms with Crippen LogP contribution in [0.4, 0.5) is 8.78 Å². The third-order valence-corrected chi connectivity index (χ3v) is 3.28. The lowest BCUT2D eigenvalue weighted by molar-refractivity contribution is 0.0513. The fraction of sp³-hybridized carbons (Fsp3) is 0.500. The van der Waals surface area contributed by atoms with Gasteiger partial charge in [0.2, 0.25) is 0 Å². The molecule has 0 aliphatic carbocycles. The minimum absolute atomic E-state index is 0.216. The van der Waals surface area contributed by atoms with E-state index in [4.69, 9.17) is 5.73 Å². The Hall–Kier alpha value is -1.00. The van der Waals surface area contributed by atoms with Crippen LogP contribution >= 0.6 is 0 Å². The van der Waals surface area contributed by atoms with Crippen LogP contribution in [0, 0.1) is 0 Å². The largest absolute Gasteiger partial charge is 0.326 e. The number of nitrogens with zero attached hydrogens (tertiary/aromatic N) is 1. The molecular formula is C12H16F2N2. The van der Waals surface area contributed by atoms with E-state index in [0.29, 0.717) is 6.54 Å². The number of likely N-dealkylation sites (N-methyl/N-ethyl adjacent to an activating group) is 1. The van der Waals surface area contributed by atoms with Crippen molar-refractivity contribution >= 4 is 0 Å². The average molecular weight is 226 g/mol. The van der Waals surface area contributed by atoms with Crippen LogP contribution in [0.5, 0.6) is 0 Å². The number of hydrogen-bond donors (Lipinski definition) is 1. The first-order chi connectivity index (χ1) is 7.61. The molecule has 0 aromatic heterocycles. The van der Waals surface area contributed by atoms with Crippen LogP contribution in [0.1, 0.15) is 11.5 Å². The Kier molecular flexibility index (Phi) is 3.21. The molecule has 1 heterocycles. The normalized spacial score (nSPS) is 31.2. The van der Waals surface area contributed by atoms with E-state index in [2.05, 4.69) is 0 Å². The van der Waals surface area contributed by atoms with E-state index in [1.165, 1.54) is 0 Å². The molecule has 2 N–H and O–H groups in total. The van der Waals surface area contributed by atoms with Crippen molar-refractivity contribution in [2.24, 2.45) is 5.73 Å². The number of rotatable bonds is 2. The van der Waals surface area contributed by atoms with Gasteiger partial charge in [-0.15, -0.1) is 0 Å². The van der Waals surface area contributed by atoms with Gasteiger partial charge in [-0.25, -0.2) is 8.78 Å². The number of halogens is 2. The van der Waals surface area contributed by atoms with Gasteiger partial charge in [-0.1, -0.05) is 30.3 Å². The summed E-state index contributed by atoms with van der Waals surface area (Å²) in [6.45, 7) is 0.522. The molecule has 0 amide bonds. The fourth-order valence-corrected chi connectivity index (χ4v) is 2.56. The Morgan fingerprint density at radius 3 is 2.50 bits per heavy atom. The number of benzene rings is 1. The molecule has 1 aromatic rings. The molecule has 0 radical (unpaired) electrons. The molecule has 1 saturated heterocycles. The van der Waals surface area contributed by atoms with Gasteiger partial charge in [-0.3, -0.25) is 4.90 Å². The predicted octanol–water partition coefficient (Wildman–Crippen LogP) is 1.68. The summed E-state index contributed by atoms with van der Waals surface area (Å²) in [5.41, 5.74) is 6.86. The minimum atomic E-state index is -2.36. The van der Waals surface area contributed by atoms with Crippen LogP contribution in [0.2, 0.25) is 0 Å². The van der Waals surface area contributed by atoms with Gasteiger partial charge in [0.15, 0.2) is 0 Å². The zero-order valence-electron chi connectivity index (χ0n) is 9.18. The van der Waals surface area contributed by atoms with Crippen molar-refractivity contribution in [1.82, 2.24) is 4.90 Å². The summed E-state index contributed by atoms with van der Waals surface area (Å²) in [5, 5.41) is 0. The van der Waals surface area contributed by atoms with E-state index in [0.717, 1.165) is 5.56 Å². The lowest BCUT2D eigenvalue weighted by Crippen LogP contribution is -2.36. The van der Waals surface area contributed by atoms with E-state index in [1.54, 1.807) is 11.9 Å². The summed E-state index contributed by atoms with van der Waals surface area (Å²) >= 11 is 0. The van der Waals surface area contributed by atoms with Crippen molar-refractivity contribution in [1.29, 1.82) is 0 Å². The summed E-state index contributed by atoms with van der Waals surface area (Å²) in [6.07, 6.45) is -2.36. The van der Waals surface area contributed by atoms with E-state index in [9.17, 15) is 8.78 Å². The second-order valence-corrected chi connectivity index (χ2v) is 4.36. The van der Waals surface area contributed by atoms with Crippen LogP contribution in [0.3, 0.4) is 0 Å². The molecule has 16 heavy (non-hydrogen) atoms. The maximum atomic E-state index is 13.0. The number of alkyl halides is 2. The van der Waals surface area contributed by atoms with Crippen molar-refractivity contribution in [3.63, 3.8) is 0 Å². The Morgan fingerprint density at radius 2 is 1.94 bits per heavy atom. The third kappa shape index (κ3) is 1.95. The standard InChI is InChI=1S/C12H16F2N2/c1-16-7-9(15)10(11(16)12(13)14)8-5-3-2-4-6-8/h2-6,9-12H,7,15H2,1H3/t9-,10+,11-/m1/s1. The molecule has 88 valence electrons. The predicted molar refractivity (Wildman–Crippen MR) is 59.6 cm³/mol. The van der Waals surface area contributed by atoms with Crippen molar-refractivity contribution in [2.45, 2.75) is 24.4 Å². The lowest BCUT2D eigenvalue weighted by atomic mass is 9.89. The van der Waals surface area contributed by atoms with Crippen LogP contribution in [-0.4, -0.2) is 37.0 Å². The lowest BCUT2D eigenvalue weighted by Gasteiger charge is -2.25. The number of likely N-dealkylation sites (tertiary alicyclic amines) is 1. The molecule has 0 unspecified atom stereocenters. The molecule has 0 saturated carbocycles. The summed E-state index contributed by atoms with van der Waals surface area (Å²) in [7, 11) is 1.71. The zero-order valence-corrected chi connectivity index (χ0v) is 9.18. The van der Waals surface area contributed by atoms with Gasteiger partial charge >= 0.3 is 0 Å². The van der Waals surface area contributed by atoms with Crippen LogP contribution < -0.4 is 5.73 Å². The first kappa shape index (κ1) is 11.5. The summed E-state index contributed by atoms with van der Waals surface area (Å²) in [6, 6.07) is 8.37. The van der Waals surface area contributed by atoms with Gasteiger partial charge in [0.25, 0.3) is 6.43 Å². The molecule has 2 nitrogen and oxygen atoms in total. The van der Waals surface area contributed by atoms with Gasteiger partial charge < -0.3 is 5.73 Å². The van der Waals surface area contributed by atoms with E-state index < -0.39 is 12.5 Å². The highest BCUT2D eigenvalue weighted by Crippen LogP contribution is 2.34. The van der Waals surface area contributed by atoms with Crippen LogP contribution in [0.15, 0.2) is 30.3 Å². The summed E-state index contributed by atoms with van der Waals surface area (Å²) in [4.78, 5) is 1.66. The highest BCUT2D eigenvalue weighted by Gasteiger charge is 2.43. The second-order valence-electron chi connectivity index (χ2n) is 4.36. The van der Waals surface area contributed by atoms with Crippen molar-refractivity contribution < 1.29 is 8.78 Å². The first-order valence-electron chi connectivity index (χ1n) is 5.40. The first-order valence-corrected chi connectivity index (χ1v) is 5.40. The summed E-state index contributed by atoms with van der Waals surface area (Å²) < 4.78 is 26.0. The quantitative estimate of drug-likeness (QED) is 0.831. The van der Waals surface area contributed by atoms with Crippen LogP contribution in [0.25, 0.3) is 0 Å². The van der Waals surface area contributed by atoms with Gasteiger partial charge in [0.05, 0.1) is 6.04 Å². The van der Waals surface area contributed by atoms with Crippen molar-refractivity contribution in [2.75, 3.05) is 13.6 Å². The highest BCUT2D eigenvalue weighted by molar-refractivity contribution is 5.25. The van der Waals surface area contributed by atoms with E-state index in [-0.39, 0.29) is 12.0 Å². The van der Waals surface area contributed by atoms with Crippen molar-refractivity contribution in [3.8, 4) is 0 Å². The number of nitrogens with two attached hydrogens (primary N) is 1. The zero-order chi connectivity index (χ0) is 11.7. The maximum Gasteiger partial charge on any atom is 0.254 e. The fourth-order valence-electron chi connectivity index (χ4n) is 2.56. The Balaban J connectivity index is 2.31. The van der Waals surface area contributed by atoms with Gasteiger partial charge in [-0.05, 0) is 12.6 Å². The molecule has 1 aliphatic rings. The van der Waals surface area contributed by atoms with Gasteiger partial charge in [0, 0.05) is 18.5 Å². The molecule has 3 atom stereocenters. The summed E-state index contributed by atoms with van der Waals surface area (Å²) in [5.74, 6) is -0.272. The molecule has 2 rings (SSSR count). The Bertz CT molecular complexity index is 342. The van der Waals surface area contributed by atoms with Gasteiger partial charge in [-0.2, -0.15) is 0 Å². The van der Waals surface area contributed by atoms with Crippen molar-refractivity contribution in [3.05, 3.63) is 35.9 Å². The van der Waals surface area contributed by atoms with Crippen LogP contribution in [-0.2, 0) is 0 Å². The third-order valence-electron chi connectivity index (χ3n) is 3.28. The maximum absolute atomic E-state index is 13.0. The molecule has 4 heteroatoms. The number of hydrogen-bond acceptors (Lipinski definition) is 2. The average Bonchev–Trinajstić information content (AvgIpc) is 2.55. The SMILES string of the molecule is CN1C[C@@H](N)[C@H](c2ccccc2)[C@@H]1C(F)F. The van der Waals surface area contributed by atoms with E-state index >= 15 is 0 Å². The monoisotopic (exact) mass is 226 g/mol. The van der Waals surface area contributed by atoms with Gasteiger partial charge in [0.1, 0.15) is 0 Å². The van der Waals surface area contributed by atoms with E-state index in [1.807, 2.05) is 30.3 Å². The molecular weight excluding hydrogens is 210 g/mol. The molecule has 0 bridgehead atoms. The Labute approximate surface area is 94.0 Å². The molecule has 1 aliphatic heterocycles. The molecule has 1 aromatic carbocycles. The highest BCUT2D eigenvalue weighted by atomic mass is 19.3. The minimum Gasteiger partial charge on any atom is -0.326 e.